The highest BCUT2D eigenvalue weighted by Crippen LogP contribution is 2.27. The van der Waals surface area contributed by atoms with Crippen LogP contribution in [0.4, 0.5) is 4.39 Å². The smallest absolute Gasteiger partial charge is 0.141 e. The molecule has 0 amide bonds. The molecule has 3 N–H and O–H groups in total. The third kappa shape index (κ3) is 4.02. The summed E-state index contributed by atoms with van der Waals surface area (Å²) < 4.78 is 15.1. The summed E-state index contributed by atoms with van der Waals surface area (Å²) in [6.07, 6.45) is 0.611. The Labute approximate surface area is 138 Å². The summed E-state index contributed by atoms with van der Waals surface area (Å²) in [7, 11) is 0. The Balaban J connectivity index is 2.26. The Hall–Kier alpha value is -0.460. The van der Waals surface area contributed by atoms with Crippen LogP contribution in [0.15, 0.2) is 45.3 Å². The molecule has 0 saturated carbocycles. The van der Waals surface area contributed by atoms with Crippen LogP contribution >= 0.6 is 43.5 Å². The van der Waals surface area contributed by atoms with Gasteiger partial charge in [0.2, 0.25) is 0 Å². The van der Waals surface area contributed by atoms with Crippen LogP contribution in [-0.4, -0.2) is 0 Å². The first-order valence-corrected chi connectivity index (χ1v) is 7.82. The predicted octanol–water partition coefficient (Wildman–Crippen LogP) is 4.75. The Morgan fingerprint density at radius 2 is 1.80 bits per heavy atom. The lowest BCUT2D eigenvalue weighted by Gasteiger charge is -2.17. The van der Waals surface area contributed by atoms with Crippen molar-refractivity contribution >= 4 is 43.5 Å². The average Bonchev–Trinajstić information content (AvgIpc) is 2.38. The molecule has 0 spiro atoms. The fourth-order valence-electron chi connectivity index (χ4n) is 1.95. The summed E-state index contributed by atoms with van der Waals surface area (Å²) in [5.41, 5.74) is 4.71. The van der Waals surface area contributed by atoms with Crippen molar-refractivity contribution in [3.8, 4) is 0 Å². The van der Waals surface area contributed by atoms with Crippen LogP contribution in [-0.2, 0) is 6.42 Å². The van der Waals surface area contributed by atoms with E-state index < -0.39 is 5.82 Å². The molecule has 2 nitrogen and oxygen atoms in total. The van der Waals surface area contributed by atoms with Gasteiger partial charge in [-0.05, 0) is 47.9 Å². The number of nitrogens with one attached hydrogen (secondary N) is 1. The molecule has 2 aromatic rings. The molecule has 20 heavy (non-hydrogen) atoms. The largest absolute Gasteiger partial charge is 0.271 e. The van der Waals surface area contributed by atoms with Crippen molar-refractivity contribution in [2.75, 3.05) is 0 Å². The van der Waals surface area contributed by atoms with Crippen molar-refractivity contribution in [2.24, 2.45) is 5.84 Å². The third-order valence-electron chi connectivity index (χ3n) is 2.91. The van der Waals surface area contributed by atoms with E-state index in [0.29, 0.717) is 6.42 Å². The molecule has 0 saturated heterocycles. The van der Waals surface area contributed by atoms with Gasteiger partial charge in [-0.1, -0.05) is 49.5 Å². The van der Waals surface area contributed by atoms with Gasteiger partial charge in [0, 0.05) is 8.95 Å². The summed E-state index contributed by atoms with van der Waals surface area (Å²) in [4.78, 5) is 0. The van der Waals surface area contributed by atoms with Gasteiger partial charge in [-0.15, -0.1) is 0 Å². The number of rotatable bonds is 4. The van der Waals surface area contributed by atoms with Crippen LogP contribution in [0.3, 0.4) is 0 Å². The van der Waals surface area contributed by atoms with Crippen molar-refractivity contribution < 1.29 is 4.39 Å². The predicted molar refractivity (Wildman–Crippen MR) is 87.0 cm³/mol. The van der Waals surface area contributed by atoms with E-state index in [0.717, 1.165) is 20.1 Å². The molecule has 2 aromatic carbocycles. The maximum atomic E-state index is 13.2. The molecule has 0 fully saturated rings. The van der Waals surface area contributed by atoms with Crippen LogP contribution in [0.2, 0.25) is 5.02 Å². The normalized spacial score (nSPS) is 12.4. The molecular formula is C14H12Br2ClFN2. The van der Waals surface area contributed by atoms with Gasteiger partial charge in [-0.25, -0.2) is 4.39 Å². The van der Waals surface area contributed by atoms with Gasteiger partial charge in [-0.3, -0.25) is 11.3 Å². The number of halogens is 4. The maximum absolute atomic E-state index is 13.2. The van der Waals surface area contributed by atoms with Crippen LogP contribution in [0, 0.1) is 5.82 Å². The van der Waals surface area contributed by atoms with Gasteiger partial charge in [-0.2, -0.15) is 0 Å². The fraction of sp³-hybridized carbons (Fsp3) is 0.143. The molecule has 1 atom stereocenters. The summed E-state index contributed by atoms with van der Waals surface area (Å²) in [5, 5.41) is 0.119. The lowest BCUT2D eigenvalue weighted by molar-refractivity contribution is 0.550. The van der Waals surface area contributed by atoms with Gasteiger partial charge in [0.25, 0.3) is 0 Å². The summed E-state index contributed by atoms with van der Waals surface area (Å²) in [5.74, 6) is 5.21. The molecule has 0 heterocycles. The van der Waals surface area contributed by atoms with Crippen molar-refractivity contribution in [3.63, 3.8) is 0 Å². The van der Waals surface area contributed by atoms with E-state index in [2.05, 4.69) is 37.3 Å². The highest BCUT2D eigenvalue weighted by Gasteiger charge is 2.13. The standard InChI is InChI=1S/C14H12Br2ClFN2/c15-10-5-9(6-11(16)7-10)14(20-19)4-8-1-2-13(18)12(17)3-8/h1-3,5-7,14,20H,4,19H2. The number of hydrogen-bond donors (Lipinski definition) is 2. The Bertz CT molecular complexity index is 602. The van der Waals surface area contributed by atoms with Gasteiger partial charge >= 0.3 is 0 Å². The van der Waals surface area contributed by atoms with E-state index in [-0.39, 0.29) is 11.1 Å². The molecule has 0 bridgehead atoms. The SMILES string of the molecule is NNC(Cc1ccc(F)c(Cl)c1)c1cc(Br)cc(Br)c1. The monoisotopic (exact) mass is 420 g/mol. The minimum Gasteiger partial charge on any atom is -0.271 e. The van der Waals surface area contributed by atoms with E-state index in [1.807, 2.05) is 18.2 Å². The minimum atomic E-state index is -0.419. The van der Waals surface area contributed by atoms with Gasteiger partial charge < -0.3 is 0 Å². The van der Waals surface area contributed by atoms with Crippen LogP contribution in [0.5, 0.6) is 0 Å². The average molecular weight is 423 g/mol. The second-order valence-electron chi connectivity index (χ2n) is 4.37. The molecule has 0 aromatic heterocycles. The number of hydrogen-bond acceptors (Lipinski definition) is 2. The summed E-state index contributed by atoms with van der Waals surface area (Å²) >= 11 is 12.7. The van der Waals surface area contributed by atoms with E-state index in [9.17, 15) is 4.39 Å². The Kier molecular flexibility index (Phi) is 5.57. The van der Waals surface area contributed by atoms with Crippen LogP contribution in [0.25, 0.3) is 0 Å². The Morgan fingerprint density at radius 1 is 1.15 bits per heavy atom. The van der Waals surface area contributed by atoms with Crippen molar-refractivity contribution in [1.29, 1.82) is 0 Å². The second kappa shape index (κ2) is 7.00. The molecule has 1 unspecified atom stereocenters. The summed E-state index contributed by atoms with van der Waals surface area (Å²) in [6.45, 7) is 0. The van der Waals surface area contributed by atoms with E-state index in [1.54, 1.807) is 12.1 Å². The van der Waals surface area contributed by atoms with E-state index >= 15 is 0 Å². The zero-order chi connectivity index (χ0) is 14.7. The first-order chi connectivity index (χ1) is 9.49. The molecule has 6 heteroatoms. The fourth-order valence-corrected chi connectivity index (χ4v) is 3.48. The molecule has 0 radical (unpaired) electrons. The van der Waals surface area contributed by atoms with Gasteiger partial charge in [0.15, 0.2) is 0 Å². The van der Waals surface area contributed by atoms with E-state index in [4.69, 9.17) is 17.4 Å². The van der Waals surface area contributed by atoms with E-state index in [1.165, 1.54) is 6.07 Å². The molecule has 106 valence electrons. The van der Waals surface area contributed by atoms with Gasteiger partial charge in [0.05, 0.1) is 11.1 Å². The highest BCUT2D eigenvalue weighted by molar-refractivity contribution is 9.11. The number of nitrogens with two attached hydrogens (primary N) is 1. The topological polar surface area (TPSA) is 38.0 Å². The highest BCUT2D eigenvalue weighted by atomic mass is 79.9. The third-order valence-corrected chi connectivity index (χ3v) is 4.12. The zero-order valence-electron chi connectivity index (χ0n) is 10.3. The lowest BCUT2D eigenvalue weighted by atomic mass is 9.99. The molecule has 0 aliphatic rings. The van der Waals surface area contributed by atoms with Crippen LogP contribution < -0.4 is 11.3 Å². The molecule has 2 rings (SSSR count). The van der Waals surface area contributed by atoms with Crippen LogP contribution in [0.1, 0.15) is 17.2 Å². The quantitative estimate of drug-likeness (QED) is 0.551. The van der Waals surface area contributed by atoms with Crippen molar-refractivity contribution in [1.82, 2.24) is 5.43 Å². The molecule has 0 aliphatic heterocycles. The number of benzene rings is 2. The first kappa shape index (κ1) is 15.9. The van der Waals surface area contributed by atoms with Crippen molar-refractivity contribution in [3.05, 3.63) is 67.3 Å². The molecular weight excluding hydrogens is 410 g/mol. The molecule has 0 aliphatic carbocycles. The lowest BCUT2D eigenvalue weighted by Crippen LogP contribution is -2.29. The summed E-state index contributed by atoms with van der Waals surface area (Å²) in [6, 6.07) is 10.5. The second-order valence-corrected chi connectivity index (χ2v) is 6.61. The Morgan fingerprint density at radius 3 is 2.35 bits per heavy atom. The first-order valence-electron chi connectivity index (χ1n) is 5.85. The van der Waals surface area contributed by atoms with Crippen molar-refractivity contribution in [2.45, 2.75) is 12.5 Å². The number of hydrazine groups is 1. The maximum Gasteiger partial charge on any atom is 0.141 e. The minimum absolute atomic E-state index is 0.0923. The zero-order valence-corrected chi connectivity index (χ0v) is 14.3. The van der Waals surface area contributed by atoms with Gasteiger partial charge in [0.1, 0.15) is 5.82 Å².